The Morgan fingerprint density at radius 2 is 2.06 bits per heavy atom. The third-order valence-electron chi connectivity index (χ3n) is 3.33. The van der Waals surface area contributed by atoms with Crippen molar-refractivity contribution in [2.24, 2.45) is 17.1 Å². The molecular weight excluding hydrogens is 308 g/mol. The van der Waals surface area contributed by atoms with Crippen molar-refractivity contribution in [3.8, 4) is 0 Å². The zero-order valence-corrected chi connectivity index (χ0v) is 13.8. The molecule has 0 saturated heterocycles. The lowest BCUT2D eigenvalue weighted by Crippen LogP contribution is -2.24. The number of nitrogens with one attached hydrogen (secondary N) is 1. The SMILES string of the molecule is CC(CNc1ccc(C(N)=S)c(Br)c1)C(C)(C)C. The number of hydrogen-bond donors (Lipinski definition) is 2. The zero-order valence-electron chi connectivity index (χ0n) is 11.4. The second-order valence-electron chi connectivity index (χ2n) is 5.71. The van der Waals surface area contributed by atoms with Crippen LogP contribution < -0.4 is 11.1 Å². The molecule has 1 unspecified atom stereocenters. The third-order valence-corrected chi connectivity index (χ3v) is 4.20. The Balaban J connectivity index is 2.70. The monoisotopic (exact) mass is 328 g/mol. The maximum Gasteiger partial charge on any atom is 0.105 e. The molecule has 0 fully saturated rings. The predicted molar refractivity (Wildman–Crippen MR) is 87.1 cm³/mol. The van der Waals surface area contributed by atoms with Crippen molar-refractivity contribution in [1.82, 2.24) is 0 Å². The molecular formula is C14H21BrN2S. The Labute approximate surface area is 123 Å². The minimum atomic E-state index is 0.309. The molecule has 0 aliphatic carbocycles. The highest BCUT2D eigenvalue weighted by Gasteiger charge is 2.19. The number of halogens is 1. The van der Waals surface area contributed by atoms with E-state index in [0.29, 0.717) is 16.3 Å². The van der Waals surface area contributed by atoms with Gasteiger partial charge in [0.25, 0.3) is 0 Å². The molecule has 1 rings (SSSR count). The average Bonchev–Trinajstić information content (AvgIpc) is 2.24. The summed E-state index contributed by atoms with van der Waals surface area (Å²) in [5, 5.41) is 3.44. The quantitative estimate of drug-likeness (QED) is 0.814. The van der Waals surface area contributed by atoms with E-state index in [1.165, 1.54) is 0 Å². The van der Waals surface area contributed by atoms with Crippen LogP contribution in [0.4, 0.5) is 5.69 Å². The first-order valence-corrected chi connectivity index (χ1v) is 7.25. The van der Waals surface area contributed by atoms with Crippen LogP contribution in [0.25, 0.3) is 0 Å². The Morgan fingerprint density at radius 3 is 2.50 bits per heavy atom. The molecule has 4 heteroatoms. The standard InChI is InChI=1S/C14H21BrN2S/c1-9(14(2,3)4)8-17-10-5-6-11(13(16)18)12(15)7-10/h5-7,9,17H,8H2,1-4H3,(H2,16,18). The summed E-state index contributed by atoms with van der Waals surface area (Å²) >= 11 is 8.46. The largest absolute Gasteiger partial charge is 0.389 e. The highest BCUT2D eigenvalue weighted by molar-refractivity contribution is 9.10. The van der Waals surface area contributed by atoms with Gasteiger partial charge in [0.15, 0.2) is 0 Å². The molecule has 0 aliphatic heterocycles. The lowest BCUT2D eigenvalue weighted by atomic mass is 9.82. The van der Waals surface area contributed by atoms with Gasteiger partial charge >= 0.3 is 0 Å². The average molecular weight is 329 g/mol. The molecule has 1 atom stereocenters. The number of anilines is 1. The molecule has 0 aromatic heterocycles. The Kier molecular flexibility index (Phi) is 5.17. The Morgan fingerprint density at radius 1 is 1.44 bits per heavy atom. The first-order chi connectivity index (χ1) is 8.21. The van der Waals surface area contributed by atoms with Gasteiger partial charge in [-0.3, -0.25) is 0 Å². The van der Waals surface area contributed by atoms with Crippen LogP contribution >= 0.6 is 28.1 Å². The molecule has 0 bridgehead atoms. The first kappa shape index (κ1) is 15.4. The van der Waals surface area contributed by atoms with Gasteiger partial charge < -0.3 is 11.1 Å². The van der Waals surface area contributed by atoms with Crippen molar-refractivity contribution in [1.29, 1.82) is 0 Å². The molecule has 0 amide bonds. The molecule has 0 heterocycles. The van der Waals surface area contributed by atoms with E-state index in [-0.39, 0.29) is 0 Å². The lowest BCUT2D eigenvalue weighted by Gasteiger charge is -2.27. The second kappa shape index (κ2) is 6.02. The van der Waals surface area contributed by atoms with Gasteiger partial charge in [-0.1, -0.05) is 39.9 Å². The minimum absolute atomic E-state index is 0.309. The molecule has 1 aromatic rings. The van der Waals surface area contributed by atoms with Crippen molar-refractivity contribution in [2.45, 2.75) is 27.7 Å². The van der Waals surface area contributed by atoms with E-state index >= 15 is 0 Å². The predicted octanol–water partition coefficient (Wildman–Crippen LogP) is 4.18. The van der Waals surface area contributed by atoms with Gasteiger partial charge in [0.05, 0.1) is 0 Å². The first-order valence-electron chi connectivity index (χ1n) is 6.05. The van der Waals surface area contributed by atoms with Crippen LogP contribution in [0, 0.1) is 11.3 Å². The van der Waals surface area contributed by atoms with Crippen molar-refractivity contribution >= 4 is 38.8 Å². The summed E-state index contributed by atoms with van der Waals surface area (Å²) in [6.07, 6.45) is 0. The van der Waals surface area contributed by atoms with Crippen LogP contribution in [0.5, 0.6) is 0 Å². The van der Waals surface area contributed by atoms with Crippen LogP contribution in [-0.4, -0.2) is 11.5 Å². The Bertz CT molecular complexity index is 438. The number of thiocarbonyl (C=S) groups is 1. The van der Waals surface area contributed by atoms with E-state index in [1.807, 2.05) is 18.2 Å². The molecule has 0 aliphatic rings. The van der Waals surface area contributed by atoms with Crippen molar-refractivity contribution in [2.75, 3.05) is 11.9 Å². The summed E-state index contributed by atoms with van der Waals surface area (Å²) < 4.78 is 0.934. The molecule has 1 aromatic carbocycles. The highest BCUT2D eigenvalue weighted by atomic mass is 79.9. The van der Waals surface area contributed by atoms with Crippen LogP contribution in [0.1, 0.15) is 33.3 Å². The van der Waals surface area contributed by atoms with E-state index in [0.717, 1.165) is 22.3 Å². The fourth-order valence-corrected chi connectivity index (χ4v) is 2.30. The molecule has 0 spiro atoms. The molecule has 0 saturated carbocycles. The summed E-state index contributed by atoms with van der Waals surface area (Å²) in [6, 6.07) is 5.97. The molecule has 3 N–H and O–H groups in total. The highest BCUT2D eigenvalue weighted by Crippen LogP contribution is 2.26. The van der Waals surface area contributed by atoms with E-state index in [9.17, 15) is 0 Å². The van der Waals surface area contributed by atoms with Crippen LogP contribution in [-0.2, 0) is 0 Å². The summed E-state index contributed by atoms with van der Waals surface area (Å²) in [5.41, 5.74) is 7.89. The molecule has 100 valence electrons. The summed E-state index contributed by atoms with van der Waals surface area (Å²) in [4.78, 5) is 0.413. The van der Waals surface area contributed by atoms with Crippen molar-refractivity contribution in [3.05, 3.63) is 28.2 Å². The fraction of sp³-hybridized carbons (Fsp3) is 0.500. The second-order valence-corrected chi connectivity index (χ2v) is 7.00. The fourth-order valence-electron chi connectivity index (χ4n) is 1.40. The van der Waals surface area contributed by atoms with Gasteiger partial charge in [0, 0.05) is 22.3 Å². The maximum absolute atomic E-state index is 5.62. The van der Waals surface area contributed by atoms with Gasteiger partial charge in [-0.05, 0) is 45.5 Å². The number of hydrogen-bond acceptors (Lipinski definition) is 2. The van der Waals surface area contributed by atoms with Crippen molar-refractivity contribution < 1.29 is 0 Å². The molecule has 2 nitrogen and oxygen atoms in total. The van der Waals surface area contributed by atoms with E-state index in [4.69, 9.17) is 18.0 Å². The smallest absolute Gasteiger partial charge is 0.105 e. The van der Waals surface area contributed by atoms with E-state index < -0.39 is 0 Å². The lowest BCUT2D eigenvalue weighted by molar-refractivity contribution is 0.274. The summed E-state index contributed by atoms with van der Waals surface area (Å²) in [5.74, 6) is 0.589. The third kappa shape index (κ3) is 4.25. The maximum atomic E-state index is 5.62. The Hall–Kier alpha value is -0.610. The number of benzene rings is 1. The summed E-state index contributed by atoms with van der Waals surface area (Å²) in [6.45, 7) is 9.97. The van der Waals surface area contributed by atoms with Gasteiger partial charge in [0.2, 0.25) is 0 Å². The van der Waals surface area contributed by atoms with Gasteiger partial charge in [0.1, 0.15) is 4.99 Å². The molecule has 0 radical (unpaired) electrons. The minimum Gasteiger partial charge on any atom is -0.389 e. The van der Waals surface area contributed by atoms with E-state index in [1.54, 1.807) is 0 Å². The van der Waals surface area contributed by atoms with Gasteiger partial charge in [-0.15, -0.1) is 0 Å². The normalized spacial score (nSPS) is 13.2. The number of rotatable bonds is 4. The zero-order chi connectivity index (χ0) is 13.9. The van der Waals surface area contributed by atoms with Crippen LogP contribution in [0.2, 0.25) is 0 Å². The van der Waals surface area contributed by atoms with Gasteiger partial charge in [-0.25, -0.2) is 0 Å². The topological polar surface area (TPSA) is 38.0 Å². The van der Waals surface area contributed by atoms with Crippen LogP contribution in [0.15, 0.2) is 22.7 Å². The van der Waals surface area contributed by atoms with E-state index in [2.05, 4.69) is 48.9 Å². The van der Waals surface area contributed by atoms with Crippen LogP contribution in [0.3, 0.4) is 0 Å². The van der Waals surface area contributed by atoms with Crippen molar-refractivity contribution in [3.63, 3.8) is 0 Å². The number of nitrogens with two attached hydrogens (primary N) is 1. The molecule has 18 heavy (non-hydrogen) atoms. The summed E-state index contributed by atoms with van der Waals surface area (Å²) in [7, 11) is 0. The van der Waals surface area contributed by atoms with Gasteiger partial charge in [-0.2, -0.15) is 0 Å².